The minimum absolute atomic E-state index is 0.0208. The molecule has 2 aliphatic heterocycles. The molecule has 5 atom stereocenters. The maximum absolute atomic E-state index is 13.7. The molecule has 1 saturated heterocycles. The van der Waals surface area contributed by atoms with Gasteiger partial charge in [0.1, 0.15) is 16.9 Å². The van der Waals surface area contributed by atoms with Gasteiger partial charge in [0, 0.05) is 22.8 Å². The maximum Gasteiger partial charge on any atom is 0.251 e. The number of carbonyl (C=O) groups excluding carboxylic acids is 1. The molecule has 1 aromatic carbocycles. The van der Waals surface area contributed by atoms with E-state index in [1.54, 1.807) is 6.92 Å². The molecule has 2 fully saturated rings. The summed E-state index contributed by atoms with van der Waals surface area (Å²) in [6, 6.07) is 2.99. The van der Waals surface area contributed by atoms with Crippen molar-refractivity contribution in [2.45, 2.75) is 46.0 Å². The number of ether oxygens (including phenoxy) is 2. The third kappa shape index (κ3) is 2.01. The zero-order chi connectivity index (χ0) is 20.7. The molecule has 1 saturated carbocycles. The van der Waals surface area contributed by atoms with Crippen LogP contribution in [-0.4, -0.2) is 33.5 Å². The van der Waals surface area contributed by atoms with E-state index in [9.17, 15) is 20.1 Å². The predicted octanol–water partition coefficient (Wildman–Crippen LogP) is 3.47. The van der Waals surface area contributed by atoms with Crippen molar-refractivity contribution < 1.29 is 29.6 Å². The number of aliphatic hydroxyl groups excluding tert-OH is 2. The van der Waals surface area contributed by atoms with E-state index in [1.165, 1.54) is 12.1 Å². The monoisotopic (exact) mass is 398 g/mol. The van der Waals surface area contributed by atoms with Crippen molar-refractivity contribution in [1.29, 1.82) is 0 Å². The summed E-state index contributed by atoms with van der Waals surface area (Å²) in [4.78, 5) is 13.7. The SMILES string of the molecule is CC1=C(O)C(=O)[C@@]23C(C)CC[C@@H]2[C@H](C)CO[C@]32Oc3cc(O)cc(CO)c3C=C12. The Balaban J connectivity index is 1.86. The molecule has 4 aliphatic rings. The summed E-state index contributed by atoms with van der Waals surface area (Å²) < 4.78 is 13.0. The number of fused-ring (bicyclic) bond motifs is 1. The number of hydrogen-bond donors (Lipinski definition) is 3. The molecule has 6 nitrogen and oxygen atoms in total. The Hall–Kier alpha value is -2.31. The molecule has 0 aromatic heterocycles. The lowest BCUT2D eigenvalue weighted by molar-refractivity contribution is -0.282. The molecule has 0 radical (unpaired) electrons. The number of benzene rings is 1. The number of aliphatic hydroxyl groups is 2. The average Bonchev–Trinajstić information content (AvgIpc) is 3.06. The summed E-state index contributed by atoms with van der Waals surface area (Å²) in [5.41, 5.74) is 1.19. The van der Waals surface area contributed by atoms with Crippen LogP contribution in [0.2, 0.25) is 0 Å². The van der Waals surface area contributed by atoms with E-state index in [4.69, 9.17) is 9.47 Å². The van der Waals surface area contributed by atoms with E-state index in [0.29, 0.717) is 34.6 Å². The largest absolute Gasteiger partial charge is 0.508 e. The van der Waals surface area contributed by atoms with Crippen LogP contribution in [0.5, 0.6) is 11.5 Å². The summed E-state index contributed by atoms with van der Waals surface area (Å²) in [6.07, 6.45) is 3.57. The second-order valence-corrected chi connectivity index (χ2v) is 9.00. The van der Waals surface area contributed by atoms with Crippen LogP contribution in [0.3, 0.4) is 0 Å². The highest BCUT2D eigenvalue weighted by Gasteiger charge is 2.75. The molecule has 29 heavy (non-hydrogen) atoms. The maximum atomic E-state index is 13.7. The Kier molecular flexibility index (Phi) is 3.78. The summed E-state index contributed by atoms with van der Waals surface area (Å²) >= 11 is 0. The van der Waals surface area contributed by atoms with Crippen LogP contribution < -0.4 is 4.74 Å². The van der Waals surface area contributed by atoms with Crippen molar-refractivity contribution in [2.24, 2.45) is 23.2 Å². The fourth-order valence-corrected chi connectivity index (χ4v) is 6.34. The van der Waals surface area contributed by atoms with E-state index in [0.717, 1.165) is 12.8 Å². The molecule has 2 spiro atoms. The number of carbonyl (C=O) groups is 1. The number of ketones is 1. The second kappa shape index (κ2) is 5.86. The van der Waals surface area contributed by atoms with Crippen LogP contribution >= 0.6 is 0 Å². The van der Waals surface area contributed by atoms with Crippen LogP contribution in [0, 0.1) is 23.2 Å². The van der Waals surface area contributed by atoms with Gasteiger partial charge in [-0.15, -0.1) is 0 Å². The van der Waals surface area contributed by atoms with E-state index in [-0.39, 0.29) is 41.7 Å². The molecule has 2 aliphatic carbocycles. The molecule has 154 valence electrons. The Labute approximate surface area is 169 Å². The highest BCUT2D eigenvalue weighted by Crippen LogP contribution is 2.67. The van der Waals surface area contributed by atoms with Crippen molar-refractivity contribution in [3.8, 4) is 11.5 Å². The van der Waals surface area contributed by atoms with Gasteiger partial charge in [-0.05, 0) is 55.2 Å². The zero-order valence-electron chi connectivity index (χ0n) is 16.9. The first-order chi connectivity index (χ1) is 13.8. The van der Waals surface area contributed by atoms with E-state index in [2.05, 4.69) is 6.92 Å². The standard InChI is InChI=1S/C23H26O6/c1-11-10-28-23-18(8-16-14(9-24)6-15(25)7-19(16)29-23)13(3)20(26)21(27)22(23)12(2)4-5-17(11)22/h6-8,11-12,17,24-26H,4-5,9-10H2,1-3H3/t11-,12?,17-,22-,23-/m1/s1. The Morgan fingerprint density at radius 3 is 2.69 bits per heavy atom. The molecule has 1 unspecified atom stereocenters. The first-order valence-corrected chi connectivity index (χ1v) is 10.2. The highest BCUT2D eigenvalue weighted by atomic mass is 16.7. The number of aromatic hydroxyl groups is 1. The number of hydrogen-bond acceptors (Lipinski definition) is 6. The van der Waals surface area contributed by atoms with Gasteiger partial charge in [0.05, 0.1) is 13.2 Å². The van der Waals surface area contributed by atoms with Crippen LogP contribution in [0.1, 0.15) is 44.7 Å². The fraction of sp³-hybridized carbons (Fsp3) is 0.522. The van der Waals surface area contributed by atoms with Crippen LogP contribution in [0.4, 0.5) is 0 Å². The Morgan fingerprint density at radius 2 is 1.97 bits per heavy atom. The summed E-state index contributed by atoms with van der Waals surface area (Å²) in [5.74, 6) is -1.38. The highest BCUT2D eigenvalue weighted by molar-refractivity contribution is 6.04. The Bertz CT molecular complexity index is 991. The van der Waals surface area contributed by atoms with Crippen molar-refractivity contribution in [3.05, 3.63) is 40.2 Å². The predicted molar refractivity (Wildman–Crippen MR) is 105 cm³/mol. The van der Waals surface area contributed by atoms with Gasteiger partial charge in [-0.3, -0.25) is 4.79 Å². The molecular formula is C23H26O6. The van der Waals surface area contributed by atoms with Gasteiger partial charge in [0.25, 0.3) is 5.79 Å². The molecule has 0 bridgehead atoms. The van der Waals surface area contributed by atoms with Gasteiger partial charge in [-0.1, -0.05) is 13.8 Å². The van der Waals surface area contributed by atoms with Crippen LogP contribution in [0.15, 0.2) is 29.0 Å². The first-order valence-electron chi connectivity index (χ1n) is 10.2. The van der Waals surface area contributed by atoms with Gasteiger partial charge in [0.15, 0.2) is 5.76 Å². The number of Topliss-reactive ketones (excluding diaryl/α,β-unsaturated/α-hetero) is 1. The summed E-state index contributed by atoms with van der Waals surface area (Å²) in [6.45, 7) is 6.00. The van der Waals surface area contributed by atoms with Crippen molar-refractivity contribution in [1.82, 2.24) is 0 Å². The molecule has 2 heterocycles. The molecule has 5 rings (SSSR count). The molecule has 1 aromatic rings. The zero-order valence-corrected chi connectivity index (χ0v) is 16.9. The number of phenolic OH excluding ortho intramolecular Hbond substituents is 1. The number of allylic oxidation sites excluding steroid dienone is 1. The number of rotatable bonds is 1. The van der Waals surface area contributed by atoms with Crippen LogP contribution in [-0.2, 0) is 16.1 Å². The molecule has 6 heteroatoms. The lowest BCUT2D eigenvalue weighted by Gasteiger charge is -2.59. The topological polar surface area (TPSA) is 96.2 Å². The first kappa shape index (κ1) is 18.7. The van der Waals surface area contributed by atoms with Crippen molar-refractivity contribution in [3.63, 3.8) is 0 Å². The number of phenols is 1. The quantitative estimate of drug-likeness (QED) is 0.670. The normalized spacial score (nSPS) is 37.9. The summed E-state index contributed by atoms with van der Waals surface area (Å²) in [7, 11) is 0. The third-order valence-corrected chi connectivity index (χ3v) is 7.68. The van der Waals surface area contributed by atoms with Gasteiger partial charge in [0.2, 0.25) is 5.78 Å². The van der Waals surface area contributed by atoms with Crippen LogP contribution in [0.25, 0.3) is 6.08 Å². The van der Waals surface area contributed by atoms with E-state index >= 15 is 0 Å². The molecule has 3 N–H and O–H groups in total. The van der Waals surface area contributed by atoms with Gasteiger partial charge >= 0.3 is 0 Å². The molecule has 0 amide bonds. The second-order valence-electron chi connectivity index (χ2n) is 9.00. The Morgan fingerprint density at radius 1 is 1.21 bits per heavy atom. The third-order valence-electron chi connectivity index (χ3n) is 7.68. The van der Waals surface area contributed by atoms with Gasteiger partial charge < -0.3 is 24.8 Å². The smallest absolute Gasteiger partial charge is 0.251 e. The molecular weight excluding hydrogens is 372 g/mol. The lowest BCUT2D eigenvalue weighted by atomic mass is 9.53. The fourth-order valence-electron chi connectivity index (χ4n) is 6.34. The van der Waals surface area contributed by atoms with Gasteiger partial charge in [-0.25, -0.2) is 0 Å². The average molecular weight is 398 g/mol. The minimum Gasteiger partial charge on any atom is -0.508 e. The summed E-state index contributed by atoms with van der Waals surface area (Å²) in [5, 5.41) is 30.8. The van der Waals surface area contributed by atoms with Crippen molar-refractivity contribution >= 4 is 11.9 Å². The minimum atomic E-state index is -1.35. The van der Waals surface area contributed by atoms with Crippen molar-refractivity contribution in [2.75, 3.05) is 6.61 Å². The lowest BCUT2D eigenvalue weighted by Crippen LogP contribution is -2.70. The van der Waals surface area contributed by atoms with E-state index < -0.39 is 11.2 Å². The van der Waals surface area contributed by atoms with Gasteiger partial charge in [-0.2, -0.15) is 0 Å². The van der Waals surface area contributed by atoms with E-state index in [1.807, 2.05) is 13.0 Å².